The number of carbonyl (C=O) groups excluding carboxylic acids is 2. The number of thiazole rings is 1. The van der Waals surface area contributed by atoms with Crippen LogP contribution in [0.2, 0.25) is 0 Å². The molecule has 2 rings (SSSR count). The minimum atomic E-state index is -0.452. The average Bonchev–Trinajstić information content (AvgIpc) is 3.07. The van der Waals surface area contributed by atoms with Crippen LogP contribution in [-0.2, 0) is 11.3 Å². The summed E-state index contributed by atoms with van der Waals surface area (Å²) in [5.41, 5.74) is 7.36. The smallest absolute Gasteiger partial charge is 0.350 e. The number of hydrogen-bond donors (Lipinski definition) is 3. The first kappa shape index (κ1) is 24.8. The van der Waals surface area contributed by atoms with Gasteiger partial charge >= 0.3 is 5.97 Å². The number of primary amides is 1. The maximum absolute atomic E-state index is 12.0. The number of carbonyl (C=O) groups is 2. The van der Waals surface area contributed by atoms with Gasteiger partial charge in [-0.15, -0.1) is 35.3 Å². The van der Waals surface area contributed by atoms with Gasteiger partial charge in [-0.3, -0.25) is 9.79 Å². The predicted molar refractivity (Wildman–Crippen MR) is 125 cm³/mol. The summed E-state index contributed by atoms with van der Waals surface area (Å²) in [6.45, 7) is 6.37. The summed E-state index contributed by atoms with van der Waals surface area (Å²) in [7, 11) is 1.68. The quantitative estimate of drug-likeness (QED) is 0.219. The molecule has 1 unspecified atom stereocenters. The Morgan fingerprint density at radius 1 is 1.31 bits per heavy atom. The Balaban J connectivity index is 0.00000420. The van der Waals surface area contributed by atoms with Gasteiger partial charge < -0.3 is 21.1 Å². The molecule has 1 aromatic carbocycles. The monoisotopic (exact) mass is 531 g/mol. The summed E-state index contributed by atoms with van der Waals surface area (Å²) in [6, 6.07) is 6.90. The number of aryl methyl sites for hydroxylation is 1. The lowest BCUT2D eigenvalue weighted by Crippen LogP contribution is -2.38. The number of aromatic nitrogens is 1. The normalized spacial score (nSPS) is 11.9. The zero-order valence-corrected chi connectivity index (χ0v) is 20.0. The average molecular weight is 531 g/mol. The van der Waals surface area contributed by atoms with Crippen LogP contribution >= 0.6 is 35.3 Å². The summed E-state index contributed by atoms with van der Waals surface area (Å²) in [6.07, 6.45) is 0. The number of halogens is 1. The molecule has 0 aliphatic carbocycles. The van der Waals surface area contributed by atoms with Crippen LogP contribution in [0.15, 0.2) is 29.3 Å². The maximum Gasteiger partial charge on any atom is 0.350 e. The van der Waals surface area contributed by atoms with E-state index in [0.717, 1.165) is 10.6 Å². The van der Waals surface area contributed by atoms with Crippen LogP contribution in [0.4, 0.5) is 0 Å². The van der Waals surface area contributed by atoms with Gasteiger partial charge in [-0.05, 0) is 38.5 Å². The minimum absolute atomic E-state index is 0. The lowest BCUT2D eigenvalue weighted by Gasteiger charge is -2.16. The Hall–Kier alpha value is -2.21. The summed E-state index contributed by atoms with van der Waals surface area (Å²) in [4.78, 5) is 32.3. The van der Waals surface area contributed by atoms with Gasteiger partial charge in [0.1, 0.15) is 9.88 Å². The molecule has 2 aromatic rings. The molecule has 1 heterocycles. The van der Waals surface area contributed by atoms with Crippen molar-refractivity contribution >= 4 is 53.1 Å². The Kier molecular flexibility index (Phi) is 10.0. The number of guanidine groups is 1. The molecule has 0 saturated heterocycles. The Morgan fingerprint density at radius 2 is 1.97 bits per heavy atom. The summed E-state index contributed by atoms with van der Waals surface area (Å²) in [5, 5.41) is 7.23. The van der Waals surface area contributed by atoms with E-state index >= 15 is 0 Å². The standard InChI is InChI=1S/C19H25N5O3S.HI/c1-5-27-18(26)15-11(2)23-17(28-15)12(3)24-19(21-4)22-10-13-6-8-14(9-7-13)16(20)25;/h6-9,12H,5,10H2,1-4H3,(H2,20,25)(H2,21,22,24);1H. The SMILES string of the molecule is CCOC(=O)c1sc(C(C)NC(=NC)NCc2ccc(C(N)=O)cc2)nc1C.I. The number of nitrogens with one attached hydrogen (secondary N) is 2. The second kappa shape index (κ2) is 11.7. The fraction of sp³-hybridized carbons (Fsp3) is 0.368. The summed E-state index contributed by atoms with van der Waals surface area (Å²) < 4.78 is 5.06. The third-order valence-corrected chi connectivity index (χ3v) is 5.24. The highest BCUT2D eigenvalue weighted by molar-refractivity contribution is 14.0. The summed E-state index contributed by atoms with van der Waals surface area (Å²) in [5.74, 6) is -0.207. The number of ether oxygens (including phenoxy) is 1. The van der Waals surface area contributed by atoms with E-state index in [1.807, 2.05) is 19.1 Å². The van der Waals surface area contributed by atoms with E-state index in [-0.39, 0.29) is 36.0 Å². The molecule has 0 saturated carbocycles. The highest BCUT2D eigenvalue weighted by atomic mass is 127. The van der Waals surface area contributed by atoms with Crippen LogP contribution in [-0.4, -0.2) is 36.5 Å². The fourth-order valence-corrected chi connectivity index (χ4v) is 3.39. The number of nitrogens with two attached hydrogens (primary N) is 1. The van der Waals surface area contributed by atoms with Crippen molar-refractivity contribution in [1.82, 2.24) is 15.6 Å². The number of nitrogens with zero attached hydrogens (tertiary/aromatic N) is 2. The van der Waals surface area contributed by atoms with Crippen molar-refractivity contribution in [2.24, 2.45) is 10.7 Å². The van der Waals surface area contributed by atoms with Crippen molar-refractivity contribution in [2.75, 3.05) is 13.7 Å². The molecule has 1 aromatic heterocycles. The zero-order valence-electron chi connectivity index (χ0n) is 16.8. The lowest BCUT2D eigenvalue weighted by molar-refractivity contribution is 0.0531. The zero-order chi connectivity index (χ0) is 20.7. The van der Waals surface area contributed by atoms with Crippen LogP contribution in [0.3, 0.4) is 0 Å². The molecule has 0 fully saturated rings. The largest absolute Gasteiger partial charge is 0.462 e. The van der Waals surface area contributed by atoms with Crippen LogP contribution in [0, 0.1) is 6.92 Å². The first-order valence-corrected chi connectivity index (χ1v) is 9.67. The molecular weight excluding hydrogens is 505 g/mol. The molecule has 1 amide bonds. The molecule has 0 bridgehead atoms. The van der Waals surface area contributed by atoms with Gasteiger partial charge in [0.25, 0.3) is 0 Å². The second-order valence-corrected chi connectivity index (χ2v) is 7.07. The third kappa shape index (κ3) is 6.96. The Morgan fingerprint density at radius 3 is 2.52 bits per heavy atom. The second-order valence-electron chi connectivity index (χ2n) is 6.04. The van der Waals surface area contributed by atoms with Crippen LogP contribution < -0.4 is 16.4 Å². The highest BCUT2D eigenvalue weighted by Crippen LogP contribution is 2.24. The van der Waals surface area contributed by atoms with Crippen molar-refractivity contribution in [2.45, 2.75) is 33.4 Å². The van der Waals surface area contributed by atoms with Crippen molar-refractivity contribution < 1.29 is 14.3 Å². The van der Waals surface area contributed by atoms with Gasteiger partial charge in [-0.25, -0.2) is 9.78 Å². The van der Waals surface area contributed by atoms with Gasteiger partial charge in [-0.2, -0.15) is 0 Å². The van der Waals surface area contributed by atoms with Crippen LogP contribution in [0.1, 0.15) is 56.2 Å². The van der Waals surface area contributed by atoms with E-state index in [1.165, 1.54) is 11.3 Å². The molecular formula is C19H26IN5O3S. The number of amides is 1. The van der Waals surface area contributed by atoms with Crippen LogP contribution in [0.5, 0.6) is 0 Å². The predicted octanol–water partition coefficient (Wildman–Crippen LogP) is 2.77. The van der Waals surface area contributed by atoms with Gasteiger partial charge in [0.2, 0.25) is 5.91 Å². The van der Waals surface area contributed by atoms with E-state index in [4.69, 9.17) is 10.5 Å². The number of rotatable bonds is 7. The maximum atomic E-state index is 12.0. The number of aliphatic imine (C=N–C) groups is 1. The van der Waals surface area contributed by atoms with E-state index < -0.39 is 5.91 Å². The molecule has 0 aliphatic heterocycles. The molecule has 1 atom stereocenters. The van der Waals surface area contributed by atoms with Crippen molar-refractivity contribution in [3.8, 4) is 0 Å². The first-order chi connectivity index (χ1) is 13.3. The first-order valence-electron chi connectivity index (χ1n) is 8.86. The number of benzene rings is 1. The van der Waals surface area contributed by atoms with E-state index in [1.54, 1.807) is 33.0 Å². The van der Waals surface area contributed by atoms with Gasteiger partial charge in [0, 0.05) is 19.2 Å². The van der Waals surface area contributed by atoms with E-state index in [2.05, 4.69) is 20.6 Å². The molecule has 8 nitrogen and oxygen atoms in total. The molecule has 4 N–H and O–H groups in total. The molecule has 29 heavy (non-hydrogen) atoms. The topological polar surface area (TPSA) is 119 Å². The third-order valence-electron chi connectivity index (χ3n) is 3.92. The fourth-order valence-electron chi connectivity index (χ4n) is 2.42. The molecule has 0 aliphatic rings. The number of esters is 1. The van der Waals surface area contributed by atoms with Gasteiger partial charge in [-0.1, -0.05) is 12.1 Å². The van der Waals surface area contributed by atoms with E-state index in [0.29, 0.717) is 35.2 Å². The van der Waals surface area contributed by atoms with Gasteiger partial charge in [0.15, 0.2) is 5.96 Å². The Bertz CT molecular complexity index is 867. The Labute approximate surface area is 191 Å². The van der Waals surface area contributed by atoms with Crippen molar-refractivity contribution in [1.29, 1.82) is 0 Å². The molecule has 10 heteroatoms. The van der Waals surface area contributed by atoms with Gasteiger partial charge in [0.05, 0.1) is 18.3 Å². The molecule has 0 radical (unpaired) electrons. The number of hydrogen-bond acceptors (Lipinski definition) is 6. The van der Waals surface area contributed by atoms with Crippen molar-refractivity contribution in [3.63, 3.8) is 0 Å². The molecule has 158 valence electrons. The summed E-state index contributed by atoms with van der Waals surface area (Å²) >= 11 is 1.31. The lowest BCUT2D eigenvalue weighted by atomic mass is 10.1. The minimum Gasteiger partial charge on any atom is -0.462 e. The molecule has 0 spiro atoms. The highest BCUT2D eigenvalue weighted by Gasteiger charge is 2.20. The van der Waals surface area contributed by atoms with Crippen LogP contribution in [0.25, 0.3) is 0 Å². The van der Waals surface area contributed by atoms with E-state index in [9.17, 15) is 9.59 Å². The van der Waals surface area contributed by atoms with Crippen molar-refractivity contribution in [3.05, 3.63) is 51.0 Å².